The molecule has 0 aliphatic heterocycles. The van der Waals surface area contributed by atoms with Gasteiger partial charge in [-0.3, -0.25) is 10.0 Å². The second-order valence-electron chi connectivity index (χ2n) is 7.03. The summed E-state index contributed by atoms with van der Waals surface area (Å²) in [6.07, 6.45) is 7.25. The first-order valence-corrected chi connectivity index (χ1v) is 10.3. The molecule has 0 aromatic carbocycles. The van der Waals surface area contributed by atoms with Crippen LogP contribution in [0.15, 0.2) is 0 Å². The third kappa shape index (κ3) is 11.8. The summed E-state index contributed by atoms with van der Waals surface area (Å²) in [5, 5.41) is 35.6. The quantitative estimate of drug-likeness (QED) is 0.131. The van der Waals surface area contributed by atoms with E-state index >= 15 is 0 Å². The second kappa shape index (κ2) is 16.4. The number of hydrogen-bond acceptors (Lipinski definition) is 6. The molecule has 0 radical (unpaired) electrons. The number of amides is 1. The van der Waals surface area contributed by atoms with Crippen molar-refractivity contribution in [2.45, 2.75) is 103 Å². The van der Waals surface area contributed by atoms with E-state index < -0.39 is 24.2 Å². The molecule has 0 aliphatic rings. The summed E-state index contributed by atoms with van der Waals surface area (Å²) >= 11 is 0. The summed E-state index contributed by atoms with van der Waals surface area (Å²) in [4.78, 5) is 11.4. The fraction of sp³-hybridized carbons (Fsp3) is 0.947. The van der Waals surface area contributed by atoms with E-state index in [0.717, 1.165) is 13.0 Å². The average Bonchev–Trinajstić information content (AvgIpc) is 2.66. The van der Waals surface area contributed by atoms with Crippen molar-refractivity contribution in [3.05, 3.63) is 0 Å². The first-order chi connectivity index (χ1) is 12.5. The van der Waals surface area contributed by atoms with Gasteiger partial charge in [-0.1, -0.05) is 52.9 Å². The van der Waals surface area contributed by atoms with Gasteiger partial charge in [0.05, 0.1) is 12.2 Å². The molecular weight excluding hydrogens is 334 g/mol. The van der Waals surface area contributed by atoms with E-state index in [1.807, 2.05) is 13.8 Å². The third-order valence-electron chi connectivity index (χ3n) is 4.83. The van der Waals surface area contributed by atoms with Crippen LogP contribution in [0.25, 0.3) is 0 Å². The van der Waals surface area contributed by atoms with E-state index in [0.29, 0.717) is 19.4 Å². The minimum atomic E-state index is -0.690. The summed E-state index contributed by atoms with van der Waals surface area (Å²) < 4.78 is 0. The van der Waals surface area contributed by atoms with Crippen LogP contribution in [-0.2, 0) is 4.79 Å². The molecule has 7 heteroatoms. The Kier molecular flexibility index (Phi) is 16.0. The van der Waals surface area contributed by atoms with Gasteiger partial charge in [0, 0.05) is 25.0 Å². The Morgan fingerprint density at radius 1 is 0.846 bits per heavy atom. The standard InChI is InChI=1S/C19H41N3O4/c1-4-7-8-9-10-11-12-20-16(18(24)6-3)14-21-15(17(23)5-2)13-19(25)22-26/h15-18,20-21,23-24,26H,4-14H2,1-3H3,(H,22,25). The Hall–Kier alpha value is -0.730. The van der Waals surface area contributed by atoms with Crippen molar-refractivity contribution >= 4 is 5.91 Å². The topological polar surface area (TPSA) is 114 Å². The molecule has 0 saturated carbocycles. The van der Waals surface area contributed by atoms with Gasteiger partial charge in [0.25, 0.3) is 0 Å². The molecule has 0 heterocycles. The van der Waals surface area contributed by atoms with Crippen LogP contribution in [0, 0.1) is 0 Å². The molecule has 0 saturated heterocycles. The van der Waals surface area contributed by atoms with Gasteiger partial charge in [0.15, 0.2) is 0 Å². The Morgan fingerprint density at radius 3 is 2.00 bits per heavy atom. The Morgan fingerprint density at radius 2 is 1.42 bits per heavy atom. The van der Waals surface area contributed by atoms with E-state index in [1.54, 1.807) is 5.48 Å². The van der Waals surface area contributed by atoms with Crippen molar-refractivity contribution in [3.63, 3.8) is 0 Å². The summed E-state index contributed by atoms with van der Waals surface area (Å²) in [5.41, 5.74) is 1.60. The Bertz CT molecular complexity index is 345. The minimum Gasteiger partial charge on any atom is -0.392 e. The van der Waals surface area contributed by atoms with Gasteiger partial charge in [-0.15, -0.1) is 0 Å². The number of carbonyl (C=O) groups excluding carboxylic acids is 1. The lowest BCUT2D eigenvalue weighted by Crippen LogP contribution is -2.52. The summed E-state index contributed by atoms with van der Waals surface area (Å²) in [5.74, 6) is -0.539. The molecule has 6 N–H and O–H groups in total. The predicted octanol–water partition coefficient (Wildman–Crippen LogP) is 1.70. The third-order valence-corrected chi connectivity index (χ3v) is 4.83. The van der Waals surface area contributed by atoms with E-state index in [9.17, 15) is 15.0 Å². The molecule has 7 nitrogen and oxygen atoms in total. The number of aliphatic hydroxyl groups excluding tert-OH is 2. The number of hydrogen-bond donors (Lipinski definition) is 6. The number of carbonyl (C=O) groups is 1. The molecule has 0 aromatic rings. The highest BCUT2D eigenvalue weighted by Gasteiger charge is 2.24. The van der Waals surface area contributed by atoms with Crippen molar-refractivity contribution in [1.29, 1.82) is 0 Å². The highest BCUT2D eigenvalue weighted by molar-refractivity contribution is 5.75. The highest BCUT2D eigenvalue weighted by Crippen LogP contribution is 2.07. The van der Waals surface area contributed by atoms with Crippen LogP contribution in [0.4, 0.5) is 0 Å². The molecule has 0 fully saturated rings. The van der Waals surface area contributed by atoms with Crippen LogP contribution in [0.2, 0.25) is 0 Å². The lowest BCUT2D eigenvalue weighted by Gasteiger charge is -2.28. The smallest absolute Gasteiger partial charge is 0.245 e. The molecule has 1 amide bonds. The van der Waals surface area contributed by atoms with Gasteiger partial charge < -0.3 is 20.8 Å². The Balaban J connectivity index is 4.37. The monoisotopic (exact) mass is 375 g/mol. The van der Waals surface area contributed by atoms with Crippen molar-refractivity contribution in [2.75, 3.05) is 13.1 Å². The first-order valence-electron chi connectivity index (χ1n) is 10.3. The van der Waals surface area contributed by atoms with Crippen LogP contribution in [0.3, 0.4) is 0 Å². The van der Waals surface area contributed by atoms with Gasteiger partial charge in [0.1, 0.15) is 0 Å². The zero-order valence-corrected chi connectivity index (χ0v) is 16.8. The molecule has 0 spiro atoms. The van der Waals surface area contributed by atoms with Gasteiger partial charge in [-0.05, 0) is 25.8 Å². The normalized spacial score (nSPS) is 16.1. The van der Waals surface area contributed by atoms with Crippen LogP contribution in [0.5, 0.6) is 0 Å². The molecule has 0 rings (SSSR count). The number of nitrogens with one attached hydrogen (secondary N) is 3. The molecule has 4 unspecified atom stereocenters. The van der Waals surface area contributed by atoms with Gasteiger partial charge in [-0.25, -0.2) is 5.48 Å². The lowest BCUT2D eigenvalue weighted by atomic mass is 10.0. The van der Waals surface area contributed by atoms with E-state index in [1.165, 1.54) is 32.1 Å². The summed E-state index contributed by atoms with van der Waals surface area (Å²) in [6.45, 7) is 7.27. The van der Waals surface area contributed by atoms with E-state index in [4.69, 9.17) is 5.21 Å². The van der Waals surface area contributed by atoms with Crippen molar-refractivity contribution < 1.29 is 20.2 Å². The van der Waals surface area contributed by atoms with Crippen LogP contribution in [-0.4, -0.2) is 58.7 Å². The maximum absolute atomic E-state index is 11.4. The van der Waals surface area contributed by atoms with Crippen LogP contribution in [0.1, 0.15) is 78.6 Å². The van der Waals surface area contributed by atoms with Crippen molar-refractivity contribution in [2.24, 2.45) is 0 Å². The zero-order chi connectivity index (χ0) is 19.8. The van der Waals surface area contributed by atoms with Crippen molar-refractivity contribution in [3.8, 4) is 0 Å². The predicted molar refractivity (Wildman–Crippen MR) is 104 cm³/mol. The fourth-order valence-corrected chi connectivity index (χ4v) is 2.97. The zero-order valence-electron chi connectivity index (χ0n) is 16.8. The Labute approximate surface area is 158 Å². The SMILES string of the molecule is CCCCCCCCNC(CNC(CC(=O)NO)C(O)CC)C(O)CC. The van der Waals surface area contributed by atoms with E-state index in [-0.39, 0.29) is 12.5 Å². The summed E-state index contributed by atoms with van der Waals surface area (Å²) in [7, 11) is 0. The first kappa shape index (κ1) is 25.3. The van der Waals surface area contributed by atoms with Crippen molar-refractivity contribution in [1.82, 2.24) is 16.1 Å². The molecule has 26 heavy (non-hydrogen) atoms. The van der Waals surface area contributed by atoms with Gasteiger partial charge in [-0.2, -0.15) is 0 Å². The molecule has 0 bridgehead atoms. The fourth-order valence-electron chi connectivity index (χ4n) is 2.97. The molecular formula is C19H41N3O4. The lowest BCUT2D eigenvalue weighted by molar-refractivity contribution is -0.130. The number of rotatable bonds is 17. The number of unbranched alkanes of at least 4 members (excludes halogenated alkanes) is 5. The maximum Gasteiger partial charge on any atom is 0.245 e. The molecule has 4 atom stereocenters. The summed E-state index contributed by atoms with van der Waals surface area (Å²) in [6, 6.07) is -0.603. The maximum atomic E-state index is 11.4. The van der Waals surface area contributed by atoms with E-state index in [2.05, 4.69) is 17.6 Å². The average molecular weight is 376 g/mol. The highest BCUT2D eigenvalue weighted by atomic mass is 16.5. The van der Waals surface area contributed by atoms with Crippen LogP contribution < -0.4 is 16.1 Å². The van der Waals surface area contributed by atoms with Crippen LogP contribution >= 0.6 is 0 Å². The molecule has 156 valence electrons. The second-order valence-corrected chi connectivity index (χ2v) is 7.03. The molecule has 0 aromatic heterocycles. The van der Waals surface area contributed by atoms with Gasteiger partial charge >= 0.3 is 0 Å². The number of hydroxylamine groups is 1. The number of aliphatic hydroxyl groups is 2. The minimum absolute atomic E-state index is 0.0160. The van der Waals surface area contributed by atoms with Gasteiger partial charge in [0.2, 0.25) is 5.91 Å². The largest absolute Gasteiger partial charge is 0.392 e. The molecule has 0 aliphatic carbocycles.